The lowest BCUT2D eigenvalue weighted by Gasteiger charge is -2.17. The average Bonchev–Trinajstić information content (AvgIpc) is 3.09. The first-order valence-electron chi connectivity index (χ1n) is 9.61. The molecule has 1 atom stereocenters. The summed E-state index contributed by atoms with van der Waals surface area (Å²) < 4.78 is 6.93. The van der Waals surface area contributed by atoms with Gasteiger partial charge in [-0.3, -0.25) is 4.79 Å². The maximum Gasteiger partial charge on any atom is 0.224 e. The summed E-state index contributed by atoms with van der Waals surface area (Å²) in [4.78, 5) is 14.4. The number of hydrogen-bond acceptors (Lipinski definition) is 3. The Kier molecular flexibility index (Phi) is 6.57. The highest BCUT2D eigenvalue weighted by atomic mass is 79.9. The molecular formula is C24H22BrNO2S. The highest BCUT2D eigenvalue weighted by Crippen LogP contribution is 2.29. The number of halogens is 1. The Bertz CT molecular complexity index is 945. The van der Waals surface area contributed by atoms with Gasteiger partial charge in [-0.1, -0.05) is 58.4 Å². The third-order valence-electron chi connectivity index (χ3n) is 4.85. The number of carbonyl (C=O) groups is 1. The van der Waals surface area contributed by atoms with Crippen LogP contribution in [0.2, 0.25) is 0 Å². The van der Waals surface area contributed by atoms with Crippen LogP contribution < -0.4 is 4.74 Å². The van der Waals surface area contributed by atoms with Crippen LogP contribution in [0, 0.1) is 0 Å². The zero-order valence-corrected chi connectivity index (χ0v) is 18.4. The van der Waals surface area contributed by atoms with E-state index in [-0.39, 0.29) is 5.91 Å². The summed E-state index contributed by atoms with van der Waals surface area (Å²) in [6.07, 6.45) is 0.621. The summed E-state index contributed by atoms with van der Waals surface area (Å²) >= 11 is 5.33. The van der Waals surface area contributed by atoms with Crippen molar-refractivity contribution in [1.29, 1.82) is 0 Å². The van der Waals surface area contributed by atoms with Crippen LogP contribution in [0.3, 0.4) is 0 Å². The van der Waals surface area contributed by atoms with Crippen LogP contribution in [0.25, 0.3) is 0 Å². The van der Waals surface area contributed by atoms with Crippen molar-refractivity contribution >= 4 is 33.6 Å². The molecule has 3 aromatic rings. The molecule has 1 fully saturated rings. The van der Waals surface area contributed by atoms with Crippen molar-refractivity contribution in [2.75, 3.05) is 6.54 Å². The molecule has 1 aliphatic rings. The second-order valence-corrected chi connectivity index (χ2v) is 9.30. The van der Waals surface area contributed by atoms with Gasteiger partial charge in [0.15, 0.2) is 0 Å². The molecule has 0 radical (unpaired) electrons. The van der Waals surface area contributed by atoms with Gasteiger partial charge in [-0.2, -0.15) is 11.8 Å². The molecule has 0 aliphatic carbocycles. The van der Waals surface area contributed by atoms with Gasteiger partial charge in [-0.15, -0.1) is 0 Å². The summed E-state index contributed by atoms with van der Waals surface area (Å²) in [5, 5.41) is 0.354. The van der Waals surface area contributed by atoms with E-state index >= 15 is 0 Å². The lowest BCUT2D eigenvalue weighted by Crippen LogP contribution is -2.24. The normalized spacial score (nSPS) is 16.2. The number of nitrogens with zero attached hydrogens (tertiary/aromatic N) is 1. The van der Waals surface area contributed by atoms with E-state index in [2.05, 4.69) is 40.2 Å². The zero-order chi connectivity index (χ0) is 20.1. The topological polar surface area (TPSA) is 29.5 Å². The Labute approximate surface area is 184 Å². The molecule has 1 aliphatic heterocycles. The van der Waals surface area contributed by atoms with Crippen molar-refractivity contribution in [2.24, 2.45) is 0 Å². The quantitative estimate of drug-likeness (QED) is 0.409. The molecule has 3 nitrogen and oxygen atoms in total. The minimum absolute atomic E-state index is 0.239. The zero-order valence-electron chi connectivity index (χ0n) is 16.0. The molecule has 0 bridgehead atoms. The predicted octanol–water partition coefficient (Wildman–Crippen LogP) is 6.28. The molecule has 5 heteroatoms. The Morgan fingerprint density at radius 1 is 0.897 bits per heavy atom. The second-order valence-electron chi connectivity index (χ2n) is 7.10. The van der Waals surface area contributed by atoms with E-state index < -0.39 is 0 Å². The van der Waals surface area contributed by atoms with Gasteiger partial charge < -0.3 is 9.64 Å². The van der Waals surface area contributed by atoms with E-state index in [4.69, 9.17) is 4.74 Å². The summed E-state index contributed by atoms with van der Waals surface area (Å²) in [6, 6.07) is 26.1. The largest absolute Gasteiger partial charge is 0.457 e. The Balaban J connectivity index is 1.29. The molecule has 0 spiro atoms. The van der Waals surface area contributed by atoms with Gasteiger partial charge in [-0.05, 0) is 47.5 Å². The summed E-state index contributed by atoms with van der Waals surface area (Å²) in [7, 11) is 0. The minimum atomic E-state index is 0.239. The van der Waals surface area contributed by atoms with E-state index in [1.54, 1.807) is 0 Å². The molecule has 0 N–H and O–H groups in total. The van der Waals surface area contributed by atoms with Crippen molar-refractivity contribution in [3.8, 4) is 11.5 Å². The lowest BCUT2D eigenvalue weighted by molar-refractivity contribution is -0.128. The molecule has 1 unspecified atom stereocenters. The second kappa shape index (κ2) is 9.51. The van der Waals surface area contributed by atoms with Crippen LogP contribution in [-0.4, -0.2) is 22.6 Å². The van der Waals surface area contributed by atoms with Gasteiger partial charge >= 0.3 is 0 Å². The summed E-state index contributed by atoms with van der Waals surface area (Å²) in [6.45, 7) is 1.46. The molecule has 0 aromatic heterocycles. The molecule has 1 amide bonds. The Morgan fingerprint density at radius 3 is 2.28 bits per heavy atom. The van der Waals surface area contributed by atoms with Crippen LogP contribution >= 0.6 is 27.7 Å². The number of amides is 1. The fourth-order valence-corrected chi connectivity index (χ4v) is 4.73. The SMILES string of the molecule is O=C1CC(SCc2ccc(Br)cc2)CN1Cc1ccc(Oc2ccccc2)cc1. The van der Waals surface area contributed by atoms with Gasteiger partial charge in [0.2, 0.25) is 5.91 Å². The molecule has 1 saturated heterocycles. The lowest BCUT2D eigenvalue weighted by atomic mass is 10.2. The van der Waals surface area contributed by atoms with E-state index in [0.717, 1.165) is 33.8 Å². The van der Waals surface area contributed by atoms with Crippen molar-refractivity contribution in [3.05, 3.63) is 94.5 Å². The van der Waals surface area contributed by atoms with Crippen LogP contribution in [0.4, 0.5) is 0 Å². The van der Waals surface area contributed by atoms with Crippen LogP contribution in [-0.2, 0) is 17.1 Å². The number of thioether (sulfide) groups is 1. The third-order valence-corrected chi connectivity index (χ3v) is 6.67. The fourth-order valence-electron chi connectivity index (χ4n) is 3.30. The number of rotatable bonds is 7. The number of benzene rings is 3. The first-order valence-corrected chi connectivity index (χ1v) is 11.5. The van der Waals surface area contributed by atoms with Crippen molar-refractivity contribution in [1.82, 2.24) is 4.90 Å². The smallest absolute Gasteiger partial charge is 0.224 e. The van der Waals surface area contributed by atoms with Gasteiger partial charge in [0, 0.05) is 35.0 Å². The van der Waals surface area contributed by atoms with Crippen LogP contribution in [0.15, 0.2) is 83.3 Å². The highest BCUT2D eigenvalue weighted by molar-refractivity contribution is 9.10. The number of para-hydroxylation sites is 1. The first kappa shape index (κ1) is 20.0. The minimum Gasteiger partial charge on any atom is -0.457 e. The fraction of sp³-hybridized carbons (Fsp3) is 0.208. The van der Waals surface area contributed by atoms with Crippen molar-refractivity contribution in [3.63, 3.8) is 0 Å². The molecule has 0 saturated carbocycles. The van der Waals surface area contributed by atoms with Crippen molar-refractivity contribution in [2.45, 2.75) is 24.0 Å². The van der Waals surface area contributed by atoms with Gasteiger partial charge in [0.1, 0.15) is 11.5 Å². The van der Waals surface area contributed by atoms with Crippen molar-refractivity contribution < 1.29 is 9.53 Å². The molecule has 3 aromatic carbocycles. The maximum atomic E-state index is 12.4. The molecule has 1 heterocycles. The third kappa shape index (κ3) is 5.64. The highest BCUT2D eigenvalue weighted by Gasteiger charge is 2.29. The van der Waals surface area contributed by atoms with E-state index in [1.807, 2.05) is 71.3 Å². The van der Waals surface area contributed by atoms with E-state index in [9.17, 15) is 4.79 Å². The Hall–Kier alpha value is -2.24. The molecular weight excluding hydrogens is 446 g/mol. The number of carbonyl (C=O) groups excluding carboxylic acids is 1. The number of likely N-dealkylation sites (tertiary alicyclic amines) is 1. The molecule has 148 valence electrons. The maximum absolute atomic E-state index is 12.4. The monoisotopic (exact) mass is 467 g/mol. The summed E-state index contributed by atoms with van der Waals surface area (Å²) in [5.74, 6) is 2.80. The first-order chi connectivity index (χ1) is 14.2. The number of hydrogen-bond donors (Lipinski definition) is 0. The molecule has 29 heavy (non-hydrogen) atoms. The predicted molar refractivity (Wildman–Crippen MR) is 122 cm³/mol. The Morgan fingerprint density at radius 2 is 1.55 bits per heavy atom. The number of ether oxygens (including phenoxy) is 1. The van der Waals surface area contributed by atoms with Crippen LogP contribution in [0.5, 0.6) is 11.5 Å². The van der Waals surface area contributed by atoms with Gasteiger partial charge in [0.25, 0.3) is 0 Å². The van der Waals surface area contributed by atoms with Gasteiger partial charge in [0.05, 0.1) is 0 Å². The van der Waals surface area contributed by atoms with Gasteiger partial charge in [-0.25, -0.2) is 0 Å². The molecule has 4 rings (SSSR count). The van der Waals surface area contributed by atoms with E-state index in [1.165, 1.54) is 5.56 Å². The standard InChI is InChI=1S/C24H22BrNO2S/c25-20-10-6-19(7-11-20)17-29-23-14-24(27)26(16-23)15-18-8-12-22(13-9-18)28-21-4-2-1-3-5-21/h1-13,23H,14-17H2. The van der Waals surface area contributed by atoms with Crippen LogP contribution in [0.1, 0.15) is 17.5 Å². The summed E-state index contributed by atoms with van der Waals surface area (Å²) in [5.41, 5.74) is 2.41. The van der Waals surface area contributed by atoms with E-state index in [0.29, 0.717) is 18.2 Å². The average molecular weight is 468 g/mol.